The van der Waals surface area contributed by atoms with Gasteiger partial charge in [0.25, 0.3) is 0 Å². The van der Waals surface area contributed by atoms with Gasteiger partial charge in [-0.25, -0.2) is 9.97 Å². The normalized spacial score (nSPS) is 12.1. The maximum absolute atomic E-state index is 6.47. The number of aromatic nitrogens is 3. The summed E-state index contributed by atoms with van der Waals surface area (Å²) in [5.41, 5.74) is 8.92. The minimum atomic E-state index is 0.684. The fourth-order valence-corrected chi connectivity index (χ4v) is 8.61. The van der Waals surface area contributed by atoms with Crippen LogP contribution in [0.2, 0.25) is 0 Å². The van der Waals surface area contributed by atoms with E-state index in [4.69, 9.17) is 14.4 Å². The van der Waals surface area contributed by atoms with E-state index in [1.807, 2.05) is 24.3 Å². The van der Waals surface area contributed by atoms with Crippen LogP contribution in [0.3, 0.4) is 0 Å². The molecule has 0 N–H and O–H groups in total. The lowest BCUT2D eigenvalue weighted by Crippen LogP contribution is -1.96. The molecule has 12 aromatic rings. The molecule has 0 unspecified atom stereocenters. The third kappa shape index (κ3) is 4.25. The molecular formula is C50H29N3O. The summed E-state index contributed by atoms with van der Waals surface area (Å²) in [5.74, 6) is 0.684. The molecule has 4 heteroatoms. The number of benzene rings is 9. The number of fused-ring (bicyclic) bond motifs is 11. The van der Waals surface area contributed by atoms with Crippen LogP contribution >= 0.6 is 0 Å². The summed E-state index contributed by atoms with van der Waals surface area (Å²) in [6, 6.07) is 62.6. The zero-order chi connectivity index (χ0) is 35.3. The fourth-order valence-electron chi connectivity index (χ4n) is 8.61. The van der Waals surface area contributed by atoms with Crippen molar-refractivity contribution in [1.29, 1.82) is 0 Å². The van der Waals surface area contributed by atoms with Crippen molar-refractivity contribution >= 4 is 87.0 Å². The highest BCUT2D eigenvalue weighted by molar-refractivity contribution is 6.23. The van der Waals surface area contributed by atoms with Gasteiger partial charge in [-0.1, -0.05) is 121 Å². The number of para-hydroxylation sites is 3. The minimum Gasteiger partial charge on any atom is -0.455 e. The van der Waals surface area contributed by atoms with Crippen molar-refractivity contribution in [1.82, 2.24) is 14.5 Å². The summed E-state index contributed by atoms with van der Waals surface area (Å²) in [6.45, 7) is 0. The molecule has 0 fully saturated rings. The van der Waals surface area contributed by atoms with Crippen LogP contribution in [0.15, 0.2) is 180 Å². The Bertz CT molecular complexity index is 3520. The van der Waals surface area contributed by atoms with Gasteiger partial charge in [-0.2, -0.15) is 0 Å². The molecular weight excluding hydrogens is 659 g/mol. The molecule has 3 heterocycles. The Hall–Kier alpha value is -7.30. The lowest BCUT2D eigenvalue weighted by molar-refractivity contribution is 0.670. The van der Waals surface area contributed by atoms with E-state index in [2.05, 4.69) is 156 Å². The predicted molar refractivity (Wildman–Crippen MR) is 225 cm³/mol. The van der Waals surface area contributed by atoms with E-state index in [0.29, 0.717) is 5.82 Å². The number of hydrogen-bond acceptors (Lipinski definition) is 3. The van der Waals surface area contributed by atoms with E-state index in [9.17, 15) is 0 Å². The maximum Gasteiger partial charge on any atom is 0.160 e. The number of hydrogen-bond donors (Lipinski definition) is 0. The zero-order valence-corrected chi connectivity index (χ0v) is 29.0. The molecule has 0 amide bonds. The molecule has 0 saturated carbocycles. The van der Waals surface area contributed by atoms with E-state index in [1.165, 1.54) is 43.4 Å². The van der Waals surface area contributed by atoms with E-state index in [1.54, 1.807) is 0 Å². The molecule has 3 aromatic heterocycles. The van der Waals surface area contributed by atoms with Gasteiger partial charge in [-0.15, -0.1) is 0 Å². The summed E-state index contributed by atoms with van der Waals surface area (Å²) < 4.78 is 8.89. The van der Waals surface area contributed by atoms with E-state index in [0.717, 1.165) is 66.1 Å². The SMILES string of the molecule is c1ccc2cc3c(cc2c1)c1c2ccccc2ccc1n3-c1ccc2cc(-c3nc(-c4cccc5c4oc4ccccc45)c4ccccc4n3)ccc2c1. The van der Waals surface area contributed by atoms with Gasteiger partial charge in [0.15, 0.2) is 5.82 Å². The van der Waals surface area contributed by atoms with Crippen LogP contribution in [0.1, 0.15) is 0 Å². The van der Waals surface area contributed by atoms with Gasteiger partial charge in [0.1, 0.15) is 11.2 Å². The second-order valence-electron chi connectivity index (χ2n) is 14.2. The Balaban J connectivity index is 1.03. The second kappa shape index (κ2) is 11.1. The van der Waals surface area contributed by atoms with Crippen LogP contribution in [0, 0.1) is 0 Å². The summed E-state index contributed by atoms with van der Waals surface area (Å²) >= 11 is 0. The van der Waals surface area contributed by atoms with Crippen LogP contribution in [0.25, 0.3) is 115 Å². The lowest BCUT2D eigenvalue weighted by atomic mass is 10.0. The van der Waals surface area contributed by atoms with Gasteiger partial charge in [0.05, 0.1) is 22.2 Å². The molecule has 250 valence electrons. The average molecular weight is 688 g/mol. The van der Waals surface area contributed by atoms with Crippen LogP contribution in [-0.4, -0.2) is 14.5 Å². The van der Waals surface area contributed by atoms with Gasteiger partial charge in [0, 0.05) is 43.7 Å². The first-order valence-electron chi connectivity index (χ1n) is 18.3. The molecule has 54 heavy (non-hydrogen) atoms. The topological polar surface area (TPSA) is 43.9 Å². The largest absolute Gasteiger partial charge is 0.455 e. The molecule has 0 aliphatic rings. The van der Waals surface area contributed by atoms with Gasteiger partial charge in [-0.3, -0.25) is 0 Å². The molecule has 0 spiro atoms. The minimum absolute atomic E-state index is 0.684. The molecule has 0 bridgehead atoms. The molecule has 9 aromatic carbocycles. The first-order chi connectivity index (χ1) is 26.7. The first-order valence-corrected chi connectivity index (χ1v) is 18.3. The highest BCUT2D eigenvalue weighted by Crippen LogP contribution is 2.41. The quantitative estimate of drug-likeness (QED) is 0.186. The van der Waals surface area contributed by atoms with Crippen LogP contribution in [-0.2, 0) is 0 Å². The predicted octanol–water partition coefficient (Wildman–Crippen LogP) is 13.4. The molecule has 0 radical (unpaired) electrons. The highest BCUT2D eigenvalue weighted by atomic mass is 16.3. The van der Waals surface area contributed by atoms with Crippen molar-refractivity contribution in [3.05, 3.63) is 176 Å². The fraction of sp³-hybridized carbons (Fsp3) is 0. The van der Waals surface area contributed by atoms with Gasteiger partial charge in [0.2, 0.25) is 0 Å². The highest BCUT2D eigenvalue weighted by Gasteiger charge is 2.19. The summed E-state index contributed by atoms with van der Waals surface area (Å²) in [5, 5.41) is 13.0. The van der Waals surface area contributed by atoms with Crippen LogP contribution in [0.5, 0.6) is 0 Å². The number of furan rings is 1. The van der Waals surface area contributed by atoms with E-state index in [-0.39, 0.29) is 0 Å². The summed E-state index contributed by atoms with van der Waals surface area (Å²) in [6.07, 6.45) is 0. The van der Waals surface area contributed by atoms with Crippen molar-refractivity contribution in [3.63, 3.8) is 0 Å². The third-order valence-corrected chi connectivity index (χ3v) is 11.1. The zero-order valence-electron chi connectivity index (χ0n) is 29.0. The summed E-state index contributed by atoms with van der Waals surface area (Å²) in [7, 11) is 0. The van der Waals surface area contributed by atoms with Crippen molar-refractivity contribution in [2.24, 2.45) is 0 Å². The molecule has 12 rings (SSSR count). The Morgan fingerprint density at radius 2 is 1.11 bits per heavy atom. The number of rotatable bonds is 3. The van der Waals surface area contributed by atoms with Gasteiger partial charge < -0.3 is 8.98 Å². The first kappa shape index (κ1) is 29.3. The Kier molecular flexibility index (Phi) is 6.02. The maximum atomic E-state index is 6.47. The molecule has 0 aliphatic heterocycles. The Morgan fingerprint density at radius 1 is 0.426 bits per heavy atom. The second-order valence-corrected chi connectivity index (χ2v) is 14.2. The van der Waals surface area contributed by atoms with Crippen molar-refractivity contribution in [3.8, 4) is 28.3 Å². The lowest BCUT2D eigenvalue weighted by Gasteiger charge is -2.12. The average Bonchev–Trinajstić information content (AvgIpc) is 3.78. The molecule has 0 atom stereocenters. The van der Waals surface area contributed by atoms with Crippen LogP contribution in [0.4, 0.5) is 0 Å². The monoisotopic (exact) mass is 687 g/mol. The standard InChI is InChI=1S/C50H29N3O/c1-2-12-32-29-45-42(28-31(32)11-1)47-37-13-4-3-10-30(37)23-25-44(47)53(45)36-24-22-33-26-35(21-20-34(33)27-36)50-51-43-18-7-5-15-40(43)48(52-50)41-17-9-16-39-38-14-6-8-19-46(38)54-49(39)41/h1-29H. The Labute approximate surface area is 309 Å². The Morgan fingerprint density at radius 3 is 2.02 bits per heavy atom. The van der Waals surface area contributed by atoms with Crippen molar-refractivity contribution < 1.29 is 4.42 Å². The summed E-state index contributed by atoms with van der Waals surface area (Å²) in [4.78, 5) is 10.4. The van der Waals surface area contributed by atoms with E-state index >= 15 is 0 Å². The van der Waals surface area contributed by atoms with E-state index < -0.39 is 0 Å². The van der Waals surface area contributed by atoms with Gasteiger partial charge in [-0.05, 0) is 86.9 Å². The van der Waals surface area contributed by atoms with Crippen molar-refractivity contribution in [2.45, 2.75) is 0 Å². The third-order valence-electron chi connectivity index (χ3n) is 11.1. The smallest absolute Gasteiger partial charge is 0.160 e. The molecule has 4 nitrogen and oxygen atoms in total. The molecule has 0 saturated heterocycles. The van der Waals surface area contributed by atoms with Crippen molar-refractivity contribution in [2.75, 3.05) is 0 Å². The molecule has 0 aliphatic carbocycles. The van der Waals surface area contributed by atoms with Gasteiger partial charge >= 0.3 is 0 Å². The number of nitrogens with zero attached hydrogens (tertiary/aromatic N) is 3. The van der Waals surface area contributed by atoms with Crippen LogP contribution < -0.4 is 0 Å².